The molecule has 178 valence electrons. The van der Waals surface area contributed by atoms with E-state index in [-0.39, 0.29) is 17.6 Å². The molecule has 2 heterocycles. The maximum absolute atomic E-state index is 12.3. The highest BCUT2D eigenvalue weighted by Gasteiger charge is 2.10. The number of methoxy groups -OCH3 is 1. The number of thioether (sulfide) groups is 1. The fourth-order valence-corrected chi connectivity index (χ4v) is 4.46. The van der Waals surface area contributed by atoms with Gasteiger partial charge in [-0.1, -0.05) is 42.1 Å². The van der Waals surface area contributed by atoms with Crippen molar-refractivity contribution in [3.63, 3.8) is 0 Å². The largest absolute Gasteiger partial charge is 0.465 e. The molecule has 0 aliphatic carbocycles. The third kappa shape index (κ3) is 6.13. The van der Waals surface area contributed by atoms with Crippen LogP contribution in [-0.4, -0.2) is 45.5 Å². The van der Waals surface area contributed by atoms with E-state index >= 15 is 0 Å². The Morgan fingerprint density at radius 1 is 1.09 bits per heavy atom. The fraction of sp³-hybridized carbons (Fsp3) is 0.192. The van der Waals surface area contributed by atoms with Crippen LogP contribution in [-0.2, 0) is 16.1 Å². The molecular formula is C26H25N5O3S. The summed E-state index contributed by atoms with van der Waals surface area (Å²) in [6, 6.07) is 17.2. The lowest BCUT2D eigenvalue weighted by atomic mass is 10.1. The van der Waals surface area contributed by atoms with Crippen LogP contribution in [0.25, 0.3) is 10.9 Å². The lowest BCUT2D eigenvalue weighted by molar-refractivity contribution is -0.118. The molecule has 1 N–H and O–H groups in total. The van der Waals surface area contributed by atoms with Crippen LogP contribution >= 0.6 is 11.8 Å². The number of aromatic nitrogens is 3. The highest BCUT2D eigenvalue weighted by molar-refractivity contribution is 7.99. The van der Waals surface area contributed by atoms with Gasteiger partial charge in [0.2, 0.25) is 0 Å². The summed E-state index contributed by atoms with van der Waals surface area (Å²) >= 11 is 1.27. The van der Waals surface area contributed by atoms with Gasteiger partial charge in [-0.2, -0.15) is 5.10 Å². The molecule has 1 amide bonds. The first kappa shape index (κ1) is 24.2. The first-order valence-electron chi connectivity index (χ1n) is 10.9. The van der Waals surface area contributed by atoms with Crippen molar-refractivity contribution in [2.75, 3.05) is 12.9 Å². The molecule has 4 aromatic rings. The van der Waals surface area contributed by atoms with Gasteiger partial charge in [0.1, 0.15) is 0 Å². The Morgan fingerprint density at radius 3 is 2.63 bits per heavy atom. The van der Waals surface area contributed by atoms with Crippen molar-refractivity contribution in [1.82, 2.24) is 20.0 Å². The molecule has 0 atom stereocenters. The van der Waals surface area contributed by atoms with Crippen LogP contribution in [0.15, 0.2) is 71.1 Å². The molecular weight excluding hydrogens is 462 g/mol. The molecule has 9 heteroatoms. The van der Waals surface area contributed by atoms with Crippen LogP contribution in [0, 0.1) is 13.8 Å². The van der Waals surface area contributed by atoms with Crippen molar-refractivity contribution in [2.45, 2.75) is 25.5 Å². The number of carbonyl (C=O) groups is 2. The zero-order valence-corrected chi connectivity index (χ0v) is 20.5. The number of hydrazone groups is 1. The quantitative estimate of drug-likeness (QED) is 0.132. The summed E-state index contributed by atoms with van der Waals surface area (Å²) in [4.78, 5) is 32.8. The molecule has 0 unspecified atom stereocenters. The Bertz CT molecular complexity index is 1390. The summed E-state index contributed by atoms with van der Waals surface area (Å²) in [5.74, 6) is -0.439. The van der Waals surface area contributed by atoms with Crippen molar-refractivity contribution < 1.29 is 14.3 Å². The highest BCUT2D eigenvalue weighted by Crippen LogP contribution is 2.22. The zero-order valence-electron chi connectivity index (χ0n) is 19.7. The van der Waals surface area contributed by atoms with Gasteiger partial charge >= 0.3 is 5.97 Å². The molecule has 0 spiro atoms. The summed E-state index contributed by atoms with van der Waals surface area (Å²) in [6.07, 6.45) is 3.61. The number of esters is 1. The minimum Gasteiger partial charge on any atom is -0.465 e. The van der Waals surface area contributed by atoms with E-state index in [9.17, 15) is 9.59 Å². The molecule has 4 rings (SSSR count). The predicted octanol–water partition coefficient (Wildman–Crippen LogP) is 4.13. The Morgan fingerprint density at radius 2 is 1.86 bits per heavy atom. The molecule has 0 aliphatic rings. The third-order valence-electron chi connectivity index (χ3n) is 5.21. The lowest BCUT2D eigenvalue weighted by Gasteiger charge is -2.07. The number of nitrogens with one attached hydrogen (secondary N) is 1. The molecule has 0 saturated carbocycles. The van der Waals surface area contributed by atoms with Gasteiger partial charge in [0.15, 0.2) is 5.16 Å². The van der Waals surface area contributed by atoms with Crippen LogP contribution in [0.4, 0.5) is 0 Å². The van der Waals surface area contributed by atoms with Crippen LogP contribution < -0.4 is 5.43 Å². The molecule has 35 heavy (non-hydrogen) atoms. The molecule has 0 bridgehead atoms. The van der Waals surface area contributed by atoms with Gasteiger partial charge in [-0.05, 0) is 43.7 Å². The molecule has 2 aromatic carbocycles. The SMILES string of the molecule is COC(=O)c1cccc(Cn2cc(/C=N\NC(=O)CSc3nc(C)cc(C)n3)c3ccccc32)c1. The highest BCUT2D eigenvalue weighted by atomic mass is 32.2. The summed E-state index contributed by atoms with van der Waals surface area (Å²) in [6.45, 7) is 4.36. The Kier molecular flexibility index (Phi) is 7.57. The molecule has 2 aromatic heterocycles. The van der Waals surface area contributed by atoms with E-state index < -0.39 is 0 Å². The fourth-order valence-electron chi connectivity index (χ4n) is 3.71. The second kappa shape index (κ2) is 11.0. The van der Waals surface area contributed by atoms with E-state index in [1.807, 2.05) is 68.6 Å². The van der Waals surface area contributed by atoms with Crippen molar-refractivity contribution >= 4 is 40.8 Å². The monoisotopic (exact) mass is 487 g/mol. The van der Waals surface area contributed by atoms with Gasteiger partial charge in [0, 0.05) is 40.6 Å². The first-order chi connectivity index (χ1) is 16.9. The van der Waals surface area contributed by atoms with Gasteiger partial charge in [-0.3, -0.25) is 4.79 Å². The number of hydrogen-bond acceptors (Lipinski definition) is 7. The second-order valence-corrected chi connectivity index (χ2v) is 8.88. The summed E-state index contributed by atoms with van der Waals surface area (Å²) in [5.41, 5.74) is 7.68. The smallest absolute Gasteiger partial charge is 0.337 e. The van der Waals surface area contributed by atoms with Gasteiger partial charge < -0.3 is 9.30 Å². The molecule has 0 fully saturated rings. The number of amides is 1. The Balaban J connectivity index is 1.45. The topological polar surface area (TPSA) is 98.5 Å². The minimum atomic E-state index is -0.366. The van der Waals surface area contributed by atoms with Crippen LogP contribution in [0.5, 0.6) is 0 Å². The zero-order chi connectivity index (χ0) is 24.8. The summed E-state index contributed by atoms with van der Waals surface area (Å²) in [5, 5.41) is 5.73. The van der Waals surface area contributed by atoms with E-state index in [0.29, 0.717) is 17.3 Å². The average Bonchev–Trinajstić information content (AvgIpc) is 3.19. The molecule has 8 nitrogen and oxygen atoms in total. The van der Waals surface area contributed by atoms with Crippen LogP contribution in [0.1, 0.15) is 32.9 Å². The first-order valence-corrected chi connectivity index (χ1v) is 11.9. The maximum Gasteiger partial charge on any atom is 0.337 e. The molecule has 0 radical (unpaired) electrons. The number of aryl methyl sites for hydroxylation is 2. The van der Waals surface area contributed by atoms with E-state index in [0.717, 1.165) is 33.4 Å². The standard InChI is InChI=1S/C26H25N5O3S/c1-17-11-18(2)29-26(28-17)35-16-24(32)30-27-13-21-15-31(23-10-5-4-9-22(21)23)14-19-7-6-8-20(12-19)25(33)34-3/h4-13,15H,14,16H2,1-3H3,(H,30,32)/b27-13-. The van der Waals surface area contributed by atoms with Crippen LogP contribution in [0.2, 0.25) is 0 Å². The average molecular weight is 488 g/mol. The normalized spacial score (nSPS) is 11.2. The number of carbonyl (C=O) groups excluding carboxylic acids is 2. The number of ether oxygens (including phenoxy) is 1. The van der Waals surface area contributed by atoms with Gasteiger partial charge in [0.05, 0.1) is 24.6 Å². The van der Waals surface area contributed by atoms with Crippen molar-refractivity contribution in [2.24, 2.45) is 5.10 Å². The van der Waals surface area contributed by atoms with Gasteiger partial charge in [0.25, 0.3) is 5.91 Å². The van der Waals surface area contributed by atoms with E-state index in [1.54, 1.807) is 12.3 Å². The Labute approximate surface area is 207 Å². The minimum absolute atomic E-state index is 0.165. The number of fused-ring (bicyclic) bond motifs is 1. The number of para-hydroxylation sites is 1. The molecule has 0 saturated heterocycles. The number of nitrogens with zero attached hydrogens (tertiary/aromatic N) is 4. The molecule has 0 aliphatic heterocycles. The predicted molar refractivity (Wildman–Crippen MR) is 137 cm³/mol. The van der Waals surface area contributed by atoms with Crippen molar-refractivity contribution in [3.05, 3.63) is 88.9 Å². The maximum atomic E-state index is 12.3. The Hall–Kier alpha value is -3.98. The number of rotatable bonds is 8. The van der Waals surface area contributed by atoms with Crippen LogP contribution in [0.3, 0.4) is 0 Å². The summed E-state index contributed by atoms with van der Waals surface area (Å²) < 4.78 is 6.91. The number of hydrogen-bond donors (Lipinski definition) is 1. The van der Waals surface area contributed by atoms with E-state index in [4.69, 9.17) is 4.74 Å². The van der Waals surface area contributed by atoms with E-state index in [2.05, 4.69) is 25.1 Å². The lowest BCUT2D eigenvalue weighted by Crippen LogP contribution is -2.19. The van der Waals surface area contributed by atoms with Crippen molar-refractivity contribution in [3.8, 4) is 0 Å². The number of benzene rings is 2. The van der Waals surface area contributed by atoms with Gasteiger partial charge in [-0.25, -0.2) is 20.2 Å². The third-order valence-corrected chi connectivity index (χ3v) is 6.05. The summed E-state index contributed by atoms with van der Waals surface area (Å²) in [7, 11) is 1.37. The second-order valence-electron chi connectivity index (χ2n) is 7.94. The van der Waals surface area contributed by atoms with Crippen molar-refractivity contribution in [1.29, 1.82) is 0 Å². The van der Waals surface area contributed by atoms with Gasteiger partial charge in [-0.15, -0.1) is 0 Å². The van der Waals surface area contributed by atoms with E-state index in [1.165, 1.54) is 18.9 Å².